The van der Waals surface area contributed by atoms with E-state index in [0.717, 1.165) is 15.8 Å². The van der Waals surface area contributed by atoms with E-state index < -0.39 is 11.9 Å². The molecule has 3 aromatic rings. The highest BCUT2D eigenvalue weighted by Gasteiger charge is 2.30. The Morgan fingerprint density at radius 3 is 2.93 bits per heavy atom. The fourth-order valence-electron chi connectivity index (χ4n) is 3.20. The maximum atomic E-state index is 12.5. The lowest BCUT2D eigenvalue weighted by atomic mass is 10.0. The van der Waals surface area contributed by atoms with Gasteiger partial charge in [-0.3, -0.25) is 4.79 Å². The number of ether oxygens (including phenoxy) is 1. The van der Waals surface area contributed by atoms with E-state index in [9.17, 15) is 9.90 Å². The van der Waals surface area contributed by atoms with Crippen LogP contribution in [-0.2, 0) is 4.79 Å². The van der Waals surface area contributed by atoms with Gasteiger partial charge in [0, 0.05) is 15.9 Å². The second kappa shape index (κ2) is 7.70. The molecule has 0 spiro atoms. The number of azo groups is 1. The zero-order valence-electron chi connectivity index (χ0n) is 14.9. The lowest BCUT2D eigenvalue weighted by Gasteiger charge is -2.10. The van der Waals surface area contributed by atoms with Gasteiger partial charge in [0.15, 0.2) is 5.69 Å². The van der Waals surface area contributed by atoms with Crippen molar-refractivity contribution < 1.29 is 14.6 Å². The minimum atomic E-state index is -0.515. The molecule has 8 nitrogen and oxygen atoms in total. The molecular formula is C19H18BrN5O3. The van der Waals surface area contributed by atoms with Crippen LogP contribution in [0.2, 0.25) is 0 Å². The van der Waals surface area contributed by atoms with Crippen molar-refractivity contribution in [1.82, 2.24) is 15.8 Å². The average Bonchev–Trinajstić information content (AvgIpc) is 3.31. The molecule has 2 atom stereocenters. The summed E-state index contributed by atoms with van der Waals surface area (Å²) in [5, 5.41) is 18.5. The van der Waals surface area contributed by atoms with E-state index in [1.807, 2.05) is 30.3 Å². The Bertz CT molecular complexity index is 1060. The van der Waals surface area contributed by atoms with Gasteiger partial charge in [0.05, 0.1) is 12.6 Å². The first-order chi connectivity index (χ1) is 13.5. The molecule has 1 aliphatic heterocycles. The maximum absolute atomic E-state index is 12.5. The van der Waals surface area contributed by atoms with Crippen molar-refractivity contribution in [3.63, 3.8) is 0 Å². The van der Waals surface area contributed by atoms with Crippen molar-refractivity contribution in [1.29, 1.82) is 0 Å². The number of carbonyl (C=O) groups is 1. The molecule has 0 bridgehead atoms. The van der Waals surface area contributed by atoms with E-state index in [0.29, 0.717) is 17.3 Å². The van der Waals surface area contributed by atoms with Gasteiger partial charge in [-0.1, -0.05) is 28.1 Å². The van der Waals surface area contributed by atoms with E-state index >= 15 is 0 Å². The Balaban J connectivity index is 1.49. The molecule has 2 aromatic carbocycles. The summed E-state index contributed by atoms with van der Waals surface area (Å²) in [6.07, 6.45) is 0.524. The lowest BCUT2D eigenvalue weighted by molar-refractivity contribution is -0.120. The average molecular weight is 444 g/mol. The van der Waals surface area contributed by atoms with Gasteiger partial charge in [-0.25, -0.2) is 10.9 Å². The summed E-state index contributed by atoms with van der Waals surface area (Å²) in [5.41, 5.74) is 8.03. The van der Waals surface area contributed by atoms with E-state index in [2.05, 4.69) is 42.0 Å². The highest BCUT2D eigenvalue weighted by molar-refractivity contribution is 9.10. The second-order valence-electron chi connectivity index (χ2n) is 6.46. The molecule has 0 aliphatic carbocycles. The number of rotatable bonds is 4. The maximum Gasteiger partial charge on any atom is 0.282 e. The fourth-order valence-corrected chi connectivity index (χ4v) is 3.56. The smallest absolute Gasteiger partial charge is 0.282 e. The van der Waals surface area contributed by atoms with Gasteiger partial charge in [0.1, 0.15) is 11.8 Å². The third-order valence-electron chi connectivity index (χ3n) is 4.66. The first-order valence-corrected chi connectivity index (χ1v) is 9.45. The summed E-state index contributed by atoms with van der Waals surface area (Å²) >= 11 is 3.39. The van der Waals surface area contributed by atoms with Crippen molar-refractivity contribution in [3.8, 4) is 11.6 Å². The number of H-pyrrole nitrogens is 1. The van der Waals surface area contributed by atoms with Crippen molar-refractivity contribution >= 4 is 38.4 Å². The number of aromatic hydroxyl groups is 1. The molecule has 4 rings (SSSR count). The Labute approximate surface area is 169 Å². The quantitative estimate of drug-likeness (QED) is 0.457. The second-order valence-corrected chi connectivity index (χ2v) is 7.37. The summed E-state index contributed by atoms with van der Waals surface area (Å²) in [5.74, 6) is 0.216. The molecule has 2 unspecified atom stereocenters. The van der Waals surface area contributed by atoms with Crippen LogP contribution in [0.15, 0.2) is 57.2 Å². The van der Waals surface area contributed by atoms with Crippen molar-refractivity contribution in [2.45, 2.75) is 18.5 Å². The van der Waals surface area contributed by atoms with E-state index in [1.165, 1.54) is 0 Å². The topological polar surface area (TPSA) is 111 Å². The fraction of sp³-hybridized carbons (Fsp3) is 0.211. The number of fused-ring (bicyclic) bond motifs is 1. The highest BCUT2D eigenvalue weighted by Crippen LogP contribution is 2.37. The van der Waals surface area contributed by atoms with Gasteiger partial charge in [-0.2, -0.15) is 0 Å². The van der Waals surface area contributed by atoms with Crippen molar-refractivity contribution in [2.24, 2.45) is 10.2 Å². The van der Waals surface area contributed by atoms with Gasteiger partial charge in [0.25, 0.3) is 5.91 Å². The number of hydrogen-bond donors (Lipinski definition) is 4. The van der Waals surface area contributed by atoms with Crippen LogP contribution >= 0.6 is 15.9 Å². The molecule has 4 N–H and O–H groups in total. The van der Waals surface area contributed by atoms with Crippen LogP contribution in [0.4, 0.5) is 5.69 Å². The number of aromatic nitrogens is 1. The lowest BCUT2D eigenvalue weighted by Crippen LogP contribution is -2.35. The van der Waals surface area contributed by atoms with Gasteiger partial charge < -0.3 is 14.8 Å². The monoisotopic (exact) mass is 443 g/mol. The zero-order chi connectivity index (χ0) is 19.7. The van der Waals surface area contributed by atoms with Crippen LogP contribution in [0, 0.1) is 0 Å². The molecule has 0 radical (unpaired) electrons. The number of halogens is 1. The Hall–Kier alpha value is -2.75. The van der Waals surface area contributed by atoms with Crippen LogP contribution in [0.5, 0.6) is 11.6 Å². The largest absolute Gasteiger partial charge is 0.497 e. The number of nitrogens with zero attached hydrogens (tertiary/aromatic N) is 2. The predicted molar refractivity (Wildman–Crippen MR) is 108 cm³/mol. The standard InChI is InChI=1S/C19H18BrN5O3/c1-28-12-4-2-3-10(7-12)15-9-16(23-22-15)18(26)25-24-17-13-8-11(20)5-6-14(13)21-19(17)27/h2-8,15-16,21-23,27H,9H2,1H3. The van der Waals surface area contributed by atoms with Crippen LogP contribution in [0.1, 0.15) is 18.0 Å². The summed E-state index contributed by atoms with van der Waals surface area (Å²) in [6.45, 7) is 0. The van der Waals surface area contributed by atoms with Crippen LogP contribution in [-0.4, -0.2) is 29.1 Å². The predicted octanol–water partition coefficient (Wildman–Crippen LogP) is 3.86. The van der Waals surface area contributed by atoms with Gasteiger partial charge in [-0.15, -0.1) is 10.2 Å². The molecule has 0 saturated carbocycles. The SMILES string of the molecule is COc1cccc(C2CC(C(=O)N=Nc3c(O)[nH]c4ccc(Br)cc34)NN2)c1. The molecule has 1 aliphatic rings. The first kappa shape index (κ1) is 18.6. The van der Waals surface area contributed by atoms with Crippen LogP contribution in [0.3, 0.4) is 0 Å². The molecular weight excluding hydrogens is 426 g/mol. The molecule has 2 heterocycles. The number of aromatic amines is 1. The normalized spacial score (nSPS) is 19.5. The minimum absolute atomic E-state index is 0.0447. The van der Waals surface area contributed by atoms with Crippen molar-refractivity contribution in [2.75, 3.05) is 7.11 Å². The summed E-state index contributed by atoms with van der Waals surface area (Å²) in [4.78, 5) is 15.3. The Morgan fingerprint density at radius 2 is 2.11 bits per heavy atom. The first-order valence-electron chi connectivity index (χ1n) is 8.66. The third kappa shape index (κ3) is 3.64. The molecule has 1 fully saturated rings. The number of nitrogens with one attached hydrogen (secondary N) is 3. The molecule has 144 valence electrons. The minimum Gasteiger partial charge on any atom is -0.497 e. The number of carbonyl (C=O) groups excluding carboxylic acids is 1. The van der Waals surface area contributed by atoms with Gasteiger partial charge >= 0.3 is 0 Å². The van der Waals surface area contributed by atoms with Crippen LogP contribution < -0.4 is 15.6 Å². The van der Waals surface area contributed by atoms with E-state index in [1.54, 1.807) is 19.2 Å². The van der Waals surface area contributed by atoms with E-state index in [-0.39, 0.29) is 17.6 Å². The highest BCUT2D eigenvalue weighted by atomic mass is 79.9. The summed E-state index contributed by atoms with van der Waals surface area (Å²) < 4.78 is 6.08. The molecule has 1 amide bonds. The van der Waals surface area contributed by atoms with Gasteiger partial charge in [-0.05, 0) is 42.3 Å². The number of amides is 1. The number of hydrazine groups is 1. The molecule has 1 aromatic heterocycles. The Morgan fingerprint density at radius 1 is 1.25 bits per heavy atom. The number of benzene rings is 2. The summed E-state index contributed by atoms with van der Waals surface area (Å²) in [6, 6.07) is 12.6. The number of methoxy groups -OCH3 is 1. The Kier molecular flexibility index (Phi) is 5.12. The summed E-state index contributed by atoms with van der Waals surface area (Å²) in [7, 11) is 1.62. The third-order valence-corrected chi connectivity index (χ3v) is 5.15. The van der Waals surface area contributed by atoms with E-state index in [4.69, 9.17) is 4.74 Å². The molecule has 28 heavy (non-hydrogen) atoms. The van der Waals surface area contributed by atoms with Crippen molar-refractivity contribution in [3.05, 3.63) is 52.5 Å². The molecule has 9 heteroatoms. The van der Waals surface area contributed by atoms with Crippen LogP contribution in [0.25, 0.3) is 10.9 Å². The molecule has 1 saturated heterocycles. The number of hydrogen-bond acceptors (Lipinski definition) is 6. The van der Waals surface area contributed by atoms with Gasteiger partial charge in [0.2, 0.25) is 5.88 Å². The zero-order valence-corrected chi connectivity index (χ0v) is 16.5.